The number of aliphatic hydroxyl groups is 1. The zero-order valence-electron chi connectivity index (χ0n) is 24.9. The lowest BCUT2D eigenvalue weighted by Crippen LogP contribution is -2.57. The average molecular weight is 515 g/mol. The van der Waals surface area contributed by atoms with Crippen LogP contribution in [0.4, 0.5) is 9.59 Å². The van der Waals surface area contributed by atoms with Gasteiger partial charge in [0, 0.05) is 63.4 Å². The lowest BCUT2D eigenvalue weighted by atomic mass is 9.98. The molecule has 0 atom stereocenters. The predicted octanol–water partition coefficient (Wildman–Crippen LogP) is 4.04. The maximum absolute atomic E-state index is 11.9. The summed E-state index contributed by atoms with van der Waals surface area (Å²) < 4.78 is 10.7. The topological polar surface area (TPSA) is 85.8 Å². The van der Waals surface area contributed by atoms with Crippen molar-refractivity contribution in [2.45, 2.75) is 105 Å². The molecule has 0 aromatic carbocycles. The lowest BCUT2D eigenvalue weighted by molar-refractivity contribution is -0.00845. The second-order valence-corrected chi connectivity index (χ2v) is 13.0. The Labute approximate surface area is 220 Å². The first kappa shape index (κ1) is 32.4. The summed E-state index contributed by atoms with van der Waals surface area (Å²) in [5, 5.41) is 9.33. The summed E-state index contributed by atoms with van der Waals surface area (Å²) in [4.78, 5) is 32.0. The standard InChI is InChI=1S/C14H28N2O2.C13H26N2O3/c1-7-14(5,6)16-10-8-15(9-11-16)12(17)18-13(2,3)4;1-12(2,3)18-11(17)14-6-8-15(9-7-14)13(4,5)10-16/h7-11H2,1-6H3;16H,6-10H2,1-5H3. The van der Waals surface area contributed by atoms with E-state index >= 15 is 0 Å². The monoisotopic (exact) mass is 514 g/mol. The zero-order chi connectivity index (χ0) is 27.9. The molecule has 0 aliphatic carbocycles. The van der Waals surface area contributed by atoms with Crippen LogP contribution < -0.4 is 0 Å². The molecule has 0 saturated carbocycles. The first-order chi connectivity index (χ1) is 16.3. The molecule has 0 aromatic rings. The molecule has 0 bridgehead atoms. The fourth-order valence-electron chi connectivity index (χ4n) is 3.97. The van der Waals surface area contributed by atoms with E-state index in [9.17, 15) is 14.7 Å². The Balaban J connectivity index is 0.000000360. The molecule has 2 fully saturated rings. The van der Waals surface area contributed by atoms with Gasteiger partial charge in [0.15, 0.2) is 0 Å². The summed E-state index contributed by atoms with van der Waals surface area (Å²) >= 11 is 0. The lowest BCUT2D eigenvalue weighted by Gasteiger charge is -2.43. The molecule has 0 aromatic heterocycles. The SMILES string of the molecule is CC(C)(C)OC(=O)N1CCN(C(C)(C)CO)CC1.CCC(C)(C)N1CCN(C(=O)OC(C)(C)C)CC1. The summed E-state index contributed by atoms with van der Waals surface area (Å²) in [6, 6.07) is 0. The number of aliphatic hydroxyl groups excluding tert-OH is 1. The van der Waals surface area contributed by atoms with E-state index in [4.69, 9.17) is 9.47 Å². The van der Waals surface area contributed by atoms with Crippen molar-refractivity contribution in [2.75, 3.05) is 59.0 Å². The Hall–Kier alpha value is -1.58. The van der Waals surface area contributed by atoms with Crippen LogP contribution in [0.5, 0.6) is 0 Å². The number of carbonyl (C=O) groups excluding carboxylic acids is 2. The summed E-state index contributed by atoms with van der Waals surface area (Å²) in [6.45, 7) is 28.4. The van der Waals surface area contributed by atoms with E-state index in [1.165, 1.54) is 0 Å². The van der Waals surface area contributed by atoms with Crippen molar-refractivity contribution in [3.05, 3.63) is 0 Å². The molecule has 2 rings (SSSR count). The predicted molar refractivity (Wildman–Crippen MR) is 144 cm³/mol. The van der Waals surface area contributed by atoms with E-state index in [-0.39, 0.29) is 29.9 Å². The van der Waals surface area contributed by atoms with Gasteiger partial charge in [0.2, 0.25) is 0 Å². The fourth-order valence-corrected chi connectivity index (χ4v) is 3.97. The molecule has 9 heteroatoms. The van der Waals surface area contributed by atoms with Crippen molar-refractivity contribution >= 4 is 12.2 Å². The summed E-state index contributed by atoms with van der Waals surface area (Å²) in [7, 11) is 0. The number of hydrogen-bond acceptors (Lipinski definition) is 7. The van der Waals surface area contributed by atoms with Gasteiger partial charge in [0.25, 0.3) is 0 Å². The van der Waals surface area contributed by atoms with Crippen LogP contribution in [-0.4, -0.2) is 118 Å². The van der Waals surface area contributed by atoms with Gasteiger partial charge in [-0.05, 0) is 75.7 Å². The Kier molecular flexibility index (Phi) is 11.5. The molecule has 2 heterocycles. The highest BCUT2D eigenvalue weighted by Gasteiger charge is 2.33. The molecule has 2 aliphatic rings. The summed E-state index contributed by atoms with van der Waals surface area (Å²) in [5.74, 6) is 0. The van der Waals surface area contributed by atoms with Crippen LogP contribution in [0.1, 0.15) is 82.6 Å². The second-order valence-electron chi connectivity index (χ2n) is 13.0. The van der Waals surface area contributed by atoms with Crippen LogP contribution >= 0.6 is 0 Å². The Bertz CT molecular complexity index is 636. The average Bonchev–Trinajstić information content (AvgIpc) is 2.77. The number of rotatable bonds is 4. The van der Waals surface area contributed by atoms with Gasteiger partial charge < -0.3 is 24.4 Å². The van der Waals surface area contributed by atoms with Crippen molar-refractivity contribution in [3.63, 3.8) is 0 Å². The molecular weight excluding hydrogens is 460 g/mol. The first-order valence-electron chi connectivity index (χ1n) is 13.4. The van der Waals surface area contributed by atoms with Gasteiger partial charge in [-0.1, -0.05) is 6.92 Å². The number of amides is 2. The smallest absolute Gasteiger partial charge is 0.410 e. The number of ether oxygens (including phenoxy) is 2. The number of carbonyl (C=O) groups is 2. The third kappa shape index (κ3) is 10.8. The van der Waals surface area contributed by atoms with Crippen molar-refractivity contribution in [1.82, 2.24) is 19.6 Å². The van der Waals surface area contributed by atoms with Gasteiger partial charge in [-0.2, -0.15) is 0 Å². The molecule has 0 unspecified atom stereocenters. The highest BCUT2D eigenvalue weighted by Crippen LogP contribution is 2.21. The highest BCUT2D eigenvalue weighted by molar-refractivity contribution is 5.68. The molecule has 36 heavy (non-hydrogen) atoms. The van der Waals surface area contributed by atoms with E-state index in [2.05, 4.69) is 30.6 Å². The van der Waals surface area contributed by atoms with Crippen molar-refractivity contribution in [2.24, 2.45) is 0 Å². The van der Waals surface area contributed by atoms with Gasteiger partial charge in [0.1, 0.15) is 11.2 Å². The van der Waals surface area contributed by atoms with Crippen LogP contribution in [0, 0.1) is 0 Å². The van der Waals surface area contributed by atoms with Gasteiger partial charge in [-0.25, -0.2) is 9.59 Å². The van der Waals surface area contributed by atoms with Gasteiger partial charge >= 0.3 is 12.2 Å². The minimum absolute atomic E-state index is 0.124. The van der Waals surface area contributed by atoms with Crippen LogP contribution in [0.25, 0.3) is 0 Å². The Morgan fingerprint density at radius 2 is 0.917 bits per heavy atom. The molecule has 212 valence electrons. The summed E-state index contributed by atoms with van der Waals surface area (Å²) in [6.07, 6.45) is 0.694. The van der Waals surface area contributed by atoms with Crippen molar-refractivity contribution in [1.29, 1.82) is 0 Å². The van der Waals surface area contributed by atoms with Crippen molar-refractivity contribution < 1.29 is 24.2 Å². The van der Waals surface area contributed by atoms with Gasteiger partial charge in [-0.3, -0.25) is 9.80 Å². The zero-order valence-corrected chi connectivity index (χ0v) is 24.9. The minimum Gasteiger partial charge on any atom is -0.444 e. The van der Waals surface area contributed by atoms with Crippen LogP contribution in [0.15, 0.2) is 0 Å². The van der Waals surface area contributed by atoms with Crippen molar-refractivity contribution in [3.8, 4) is 0 Å². The second kappa shape index (κ2) is 12.8. The molecule has 0 radical (unpaired) electrons. The van der Waals surface area contributed by atoms with E-state index < -0.39 is 11.2 Å². The first-order valence-corrected chi connectivity index (χ1v) is 13.4. The summed E-state index contributed by atoms with van der Waals surface area (Å²) in [5.41, 5.74) is -0.852. The third-order valence-corrected chi connectivity index (χ3v) is 6.83. The van der Waals surface area contributed by atoms with Crippen LogP contribution in [0.2, 0.25) is 0 Å². The maximum Gasteiger partial charge on any atom is 0.410 e. The molecule has 9 nitrogen and oxygen atoms in total. The highest BCUT2D eigenvalue weighted by atomic mass is 16.6. The van der Waals surface area contributed by atoms with Crippen LogP contribution in [0.3, 0.4) is 0 Å². The molecule has 2 aliphatic heterocycles. The largest absolute Gasteiger partial charge is 0.444 e. The molecular formula is C27H54N4O5. The third-order valence-electron chi connectivity index (χ3n) is 6.83. The fraction of sp³-hybridized carbons (Fsp3) is 0.926. The molecule has 0 spiro atoms. The maximum atomic E-state index is 11.9. The van der Waals surface area contributed by atoms with E-state index in [0.717, 1.165) is 45.7 Å². The quantitative estimate of drug-likeness (QED) is 0.606. The molecule has 1 N–H and O–H groups in total. The van der Waals surface area contributed by atoms with Gasteiger partial charge in [0.05, 0.1) is 6.61 Å². The minimum atomic E-state index is -0.446. The number of nitrogens with zero attached hydrogens (tertiary/aromatic N) is 4. The Morgan fingerprint density at radius 1 is 0.611 bits per heavy atom. The normalized spacial score (nSPS) is 18.9. The van der Waals surface area contributed by atoms with E-state index in [0.29, 0.717) is 13.1 Å². The van der Waals surface area contributed by atoms with E-state index in [1.54, 1.807) is 4.90 Å². The number of hydrogen-bond donors (Lipinski definition) is 1. The molecule has 2 saturated heterocycles. The number of piperazine rings is 2. The van der Waals surface area contributed by atoms with E-state index in [1.807, 2.05) is 60.3 Å². The van der Waals surface area contributed by atoms with Gasteiger partial charge in [-0.15, -0.1) is 0 Å². The molecule has 2 amide bonds. The Morgan fingerprint density at radius 3 is 1.17 bits per heavy atom. The van der Waals surface area contributed by atoms with Crippen LogP contribution in [-0.2, 0) is 9.47 Å².